The van der Waals surface area contributed by atoms with E-state index in [1.807, 2.05) is 13.8 Å². The summed E-state index contributed by atoms with van der Waals surface area (Å²) in [6, 6.07) is 11.7. The number of carbonyl (C=O) groups excluding carboxylic acids is 1. The van der Waals surface area contributed by atoms with E-state index in [-0.39, 0.29) is 30.6 Å². The summed E-state index contributed by atoms with van der Waals surface area (Å²) in [7, 11) is 0. The molecule has 3 rings (SSSR count). The Kier molecular flexibility index (Phi) is 5.22. The highest BCUT2D eigenvalue weighted by atomic mass is 19.1. The molecule has 2 aromatic carbocycles. The van der Waals surface area contributed by atoms with Gasteiger partial charge in [-0.1, -0.05) is 12.1 Å². The van der Waals surface area contributed by atoms with Crippen molar-refractivity contribution in [3.8, 4) is 22.6 Å². The van der Waals surface area contributed by atoms with Crippen LogP contribution >= 0.6 is 0 Å². The molecule has 0 amide bonds. The van der Waals surface area contributed by atoms with Crippen LogP contribution in [0.3, 0.4) is 0 Å². The zero-order valence-electron chi connectivity index (χ0n) is 14.3. The zero-order valence-corrected chi connectivity index (χ0v) is 14.3. The first-order valence-corrected chi connectivity index (χ1v) is 8.39. The third-order valence-corrected chi connectivity index (χ3v) is 3.81. The summed E-state index contributed by atoms with van der Waals surface area (Å²) in [6.45, 7) is 3.73. The van der Waals surface area contributed by atoms with Crippen LogP contribution in [0.5, 0.6) is 11.5 Å². The van der Waals surface area contributed by atoms with Crippen LogP contribution < -0.4 is 9.47 Å². The molecule has 0 N–H and O–H groups in total. The maximum absolute atomic E-state index is 14.1. The van der Waals surface area contributed by atoms with E-state index in [4.69, 9.17) is 14.2 Å². The summed E-state index contributed by atoms with van der Waals surface area (Å²) >= 11 is 0. The lowest BCUT2D eigenvalue weighted by molar-refractivity contribution is -0.151. The summed E-state index contributed by atoms with van der Waals surface area (Å²) in [5.41, 5.74) is 1.18. The van der Waals surface area contributed by atoms with Gasteiger partial charge in [-0.25, -0.2) is 4.39 Å². The number of rotatable bonds is 7. The molecular formula is C20H21FO4. The lowest BCUT2D eigenvalue weighted by atomic mass is 10.0. The molecule has 25 heavy (non-hydrogen) atoms. The van der Waals surface area contributed by atoms with Crippen LogP contribution in [0, 0.1) is 11.7 Å². The lowest BCUT2D eigenvalue weighted by Gasteiger charge is -2.12. The Balaban J connectivity index is 1.64. The Morgan fingerprint density at radius 1 is 1.12 bits per heavy atom. The fourth-order valence-electron chi connectivity index (χ4n) is 2.39. The molecule has 0 aromatic heterocycles. The van der Waals surface area contributed by atoms with Crippen molar-refractivity contribution in [2.75, 3.05) is 6.79 Å². The molecule has 0 heterocycles. The van der Waals surface area contributed by atoms with Gasteiger partial charge in [0.2, 0.25) is 6.79 Å². The minimum absolute atomic E-state index is 0.0208. The van der Waals surface area contributed by atoms with Crippen molar-refractivity contribution < 1.29 is 23.4 Å². The minimum atomic E-state index is -0.317. The van der Waals surface area contributed by atoms with Crippen LogP contribution in [-0.4, -0.2) is 18.9 Å². The number of carbonyl (C=O) groups is 1. The molecule has 0 radical (unpaired) electrons. The van der Waals surface area contributed by atoms with Gasteiger partial charge in [-0.05, 0) is 62.6 Å². The van der Waals surface area contributed by atoms with Gasteiger partial charge in [0.1, 0.15) is 17.3 Å². The Hall–Kier alpha value is -2.56. The predicted molar refractivity (Wildman–Crippen MR) is 91.9 cm³/mol. The van der Waals surface area contributed by atoms with E-state index in [1.165, 1.54) is 6.07 Å². The van der Waals surface area contributed by atoms with Gasteiger partial charge in [0.15, 0.2) is 0 Å². The minimum Gasteiger partial charge on any atom is -0.491 e. The molecule has 0 aliphatic heterocycles. The predicted octanol–water partition coefficient (Wildman–Crippen LogP) is 4.57. The van der Waals surface area contributed by atoms with Gasteiger partial charge >= 0.3 is 5.97 Å². The maximum Gasteiger partial charge on any atom is 0.311 e. The molecule has 1 saturated carbocycles. The lowest BCUT2D eigenvalue weighted by Crippen LogP contribution is -2.11. The summed E-state index contributed by atoms with van der Waals surface area (Å²) < 4.78 is 30.1. The third-order valence-electron chi connectivity index (χ3n) is 3.81. The highest BCUT2D eigenvalue weighted by Gasteiger charge is 2.31. The van der Waals surface area contributed by atoms with Crippen LogP contribution in [0.2, 0.25) is 0 Å². The Morgan fingerprint density at radius 3 is 2.44 bits per heavy atom. The number of esters is 1. The van der Waals surface area contributed by atoms with Crippen LogP contribution in [0.1, 0.15) is 26.7 Å². The van der Waals surface area contributed by atoms with E-state index < -0.39 is 0 Å². The van der Waals surface area contributed by atoms with Gasteiger partial charge < -0.3 is 14.2 Å². The molecule has 0 bridgehead atoms. The van der Waals surface area contributed by atoms with Gasteiger partial charge in [0.05, 0.1) is 12.0 Å². The van der Waals surface area contributed by atoms with Crippen molar-refractivity contribution in [2.45, 2.75) is 32.8 Å². The monoisotopic (exact) mass is 344 g/mol. The molecule has 4 nitrogen and oxygen atoms in total. The highest BCUT2D eigenvalue weighted by molar-refractivity contribution is 5.74. The maximum atomic E-state index is 14.1. The molecule has 132 valence electrons. The molecular weight excluding hydrogens is 323 g/mol. The molecule has 5 heteroatoms. The van der Waals surface area contributed by atoms with Gasteiger partial charge in [-0.2, -0.15) is 0 Å². The first kappa shape index (κ1) is 17.3. The quantitative estimate of drug-likeness (QED) is 0.545. The van der Waals surface area contributed by atoms with Crippen LogP contribution in [0.4, 0.5) is 4.39 Å². The van der Waals surface area contributed by atoms with Crippen LogP contribution in [-0.2, 0) is 9.53 Å². The number of halogens is 1. The van der Waals surface area contributed by atoms with E-state index >= 15 is 0 Å². The molecule has 1 aliphatic rings. The Bertz CT molecular complexity index is 736. The summed E-state index contributed by atoms with van der Waals surface area (Å²) in [6.07, 6.45) is 1.82. The van der Waals surface area contributed by atoms with Crippen molar-refractivity contribution in [1.82, 2.24) is 0 Å². The average molecular weight is 344 g/mol. The first-order valence-electron chi connectivity index (χ1n) is 8.39. The van der Waals surface area contributed by atoms with Gasteiger partial charge in [-0.15, -0.1) is 0 Å². The third kappa shape index (κ3) is 4.72. The Morgan fingerprint density at radius 2 is 1.80 bits per heavy atom. The summed E-state index contributed by atoms with van der Waals surface area (Å²) in [5, 5.41) is 0. The van der Waals surface area contributed by atoms with E-state index in [0.717, 1.165) is 12.8 Å². The SMILES string of the molecule is CC(C)Oc1ccc(F)c(-c2ccc(OCOC(=O)C3CC3)cc2)c1. The largest absolute Gasteiger partial charge is 0.491 e. The average Bonchev–Trinajstić information content (AvgIpc) is 3.42. The van der Waals surface area contributed by atoms with Crippen LogP contribution in [0.15, 0.2) is 42.5 Å². The number of hydrogen-bond acceptors (Lipinski definition) is 4. The van der Waals surface area contributed by atoms with Crippen molar-refractivity contribution in [2.24, 2.45) is 5.92 Å². The molecule has 1 aliphatic carbocycles. The number of hydrogen-bond donors (Lipinski definition) is 0. The first-order chi connectivity index (χ1) is 12.0. The second-order valence-electron chi connectivity index (χ2n) is 6.33. The second kappa shape index (κ2) is 7.55. The van der Waals surface area contributed by atoms with Gasteiger partial charge in [-0.3, -0.25) is 4.79 Å². The molecule has 0 unspecified atom stereocenters. The fourth-order valence-corrected chi connectivity index (χ4v) is 2.39. The normalized spacial score (nSPS) is 13.6. The van der Waals surface area contributed by atoms with E-state index in [9.17, 15) is 9.18 Å². The second-order valence-corrected chi connectivity index (χ2v) is 6.33. The van der Waals surface area contributed by atoms with E-state index in [2.05, 4.69) is 0 Å². The Labute approximate surface area is 146 Å². The fraction of sp³-hybridized carbons (Fsp3) is 0.350. The molecule has 1 fully saturated rings. The summed E-state index contributed by atoms with van der Waals surface area (Å²) in [5.74, 6) is 0.708. The molecule has 0 atom stereocenters. The topological polar surface area (TPSA) is 44.8 Å². The van der Waals surface area contributed by atoms with E-state index in [1.54, 1.807) is 36.4 Å². The number of ether oxygens (including phenoxy) is 3. The molecule has 0 saturated heterocycles. The zero-order chi connectivity index (χ0) is 17.8. The molecule has 0 spiro atoms. The van der Waals surface area contributed by atoms with Crippen molar-refractivity contribution in [3.05, 3.63) is 48.3 Å². The van der Waals surface area contributed by atoms with Gasteiger partial charge in [0.25, 0.3) is 0 Å². The number of benzene rings is 2. The van der Waals surface area contributed by atoms with Gasteiger partial charge in [0, 0.05) is 5.56 Å². The molecule has 2 aromatic rings. The van der Waals surface area contributed by atoms with Crippen molar-refractivity contribution >= 4 is 5.97 Å². The van der Waals surface area contributed by atoms with E-state index in [0.29, 0.717) is 22.6 Å². The van der Waals surface area contributed by atoms with Crippen LogP contribution in [0.25, 0.3) is 11.1 Å². The smallest absolute Gasteiger partial charge is 0.311 e. The van der Waals surface area contributed by atoms with Crippen molar-refractivity contribution in [3.63, 3.8) is 0 Å². The highest BCUT2D eigenvalue weighted by Crippen LogP contribution is 2.31. The van der Waals surface area contributed by atoms with Crippen molar-refractivity contribution in [1.29, 1.82) is 0 Å². The standard InChI is InChI=1S/C20H21FO4/c1-13(2)25-17-9-10-19(21)18(11-17)14-5-7-16(8-6-14)23-12-24-20(22)15-3-4-15/h5-11,13,15H,3-4,12H2,1-2H3. The summed E-state index contributed by atoms with van der Waals surface area (Å²) in [4.78, 5) is 11.4.